The molecular formula is C10H11N3. The molecule has 0 aliphatic heterocycles. The van der Waals surface area contributed by atoms with E-state index in [1.807, 2.05) is 12.1 Å². The zero-order chi connectivity index (χ0) is 9.26. The number of rotatable bonds is 1. The smallest absolute Gasteiger partial charge is 0.197 e. The Kier molecular flexibility index (Phi) is 1.77. The van der Waals surface area contributed by atoms with Crippen molar-refractivity contribution in [1.82, 2.24) is 9.97 Å². The van der Waals surface area contributed by atoms with Gasteiger partial charge in [-0.3, -0.25) is 0 Å². The van der Waals surface area contributed by atoms with Crippen molar-refractivity contribution in [2.24, 2.45) is 0 Å². The van der Waals surface area contributed by atoms with E-state index in [0.717, 1.165) is 11.3 Å². The highest BCUT2D eigenvalue weighted by molar-refractivity contribution is 5.60. The number of hydrogen-bond donors (Lipinski definition) is 2. The first-order chi connectivity index (χ1) is 6.25. The van der Waals surface area contributed by atoms with Crippen molar-refractivity contribution in [2.75, 3.05) is 5.73 Å². The standard InChI is InChI=1S/C10H11N3/c1-7-3-2-4-8(5-7)9-6-12-10(11)13-9/h2-6H,1H3,(H3,11,12,13). The van der Waals surface area contributed by atoms with Crippen LogP contribution in [-0.4, -0.2) is 9.97 Å². The van der Waals surface area contributed by atoms with Crippen molar-refractivity contribution in [1.29, 1.82) is 0 Å². The van der Waals surface area contributed by atoms with E-state index in [2.05, 4.69) is 29.0 Å². The van der Waals surface area contributed by atoms with Crippen LogP contribution in [-0.2, 0) is 0 Å². The van der Waals surface area contributed by atoms with Crippen molar-refractivity contribution in [3.05, 3.63) is 36.0 Å². The second-order valence-electron chi connectivity index (χ2n) is 3.05. The molecule has 1 aromatic heterocycles. The van der Waals surface area contributed by atoms with Gasteiger partial charge < -0.3 is 10.7 Å². The first-order valence-corrected chi connectivity index (χ1v) is 4.13. The van der Waals surface area contributed by atoms with Crippen LogP contribution in [0.15, 0.2) is 30.5 Å². The summed E-state index contributed by atoms with van der Waals surface area (Å²) in [7, 11) is 0. The van der Waals surface area contributed by atoms with Crippen LogP contribution in [0.3, 0.4) is 0 Å². The van der Waals surface area contributed by atoms with Crippen molar-refractivity contribution in [3.8, 4) is 11.3 Å². The van der Waals surface area contributed by atoms with Gasteiger partial charge in [0, 0.05) is 0 Å². The third kappa shape index (κ3) is 1.54. The number of benzene rings is 1. The monoisotopic (exact) mass is 173 g/mol. The van der Waals surface area contributed by atoms with Crippen LogP contribution >= 0.6 is 0 Å². The van der Waals surface area contributed by atoms with Crippen molar-refractivity contribution >= 4 is 5.95 Å². The molecule has 2 rings (SSSR count). The summed E-state index contributed by atoms with van der Waals surface area (Å²) in [6, 6.07) is 8.19. The number of nitrogens with two attached hydrogens (primary N) is 1. The molecule has 0 saturated heterocycles. The maximum atomic E-state index is 5.49. The van der Waals surface area contributed by atoms with Crippen molar-refractivity contribution < 1.29 is 0 Å². The largest absolute Gasteiger partial charge is 0.369 e. The lowest BCUT2D eigenvalue weighted by Crippen LogP contribution is -1.85. The Balaban J connectivity index is 2.46. The molecule has 2 aromatic rings. The number of nitrogens with zero attached hydrogens (tertiary/aromatic N) is 1. The molecule has 1 heterocycles. The van der Waals surface area contributed by atoms with Gasteiger partial charge in [0.15, 0.2) is 5.95 Å². The SMILES string of the molecule is Cc1cccc(-c2cnc(N)[nH]2)c1. The quantitative estimate of drug-likeness (QED) is 0.692. The number of imidazole rings is 1. The second kappa shape index (κ2) is 2.94. The van der Waals surface area contributed by atoms with Gasteiger partial charge in [0.05, 0.1) is 11.9 Å². The van der Waals surface area contributed by atoms with Gasteiger partial charge in [-0.25, -0.2) is 4.98 Å². The first-order valence-electron chi connectivity index (χ1n) is 4.13. The number of aromatic nitrogens is 2. The Hall–Kier alpha value is -1.77. The highest BCUT2D eigenvalue weighted by atomic mass is 15.0. The molecule has 0 bridgehead atoms. The highest BCUT2D eigenvalue weighted by Gasteiger charge is 1.99. The molecule has 3 nitrogen and oxygen atoms in total. The molecule has 13 heavy (non-hydrogen) atoms. The molecule has 0 aliphatic rings. The van der Waals surface area contributed by atoms with E-state index in [0.29, 0.717) is 5.95 Å². The Morgan fingerprint density at radius 3 is 2.85 bits per heavy atom. The highest BCUT2D eigenvalue weighted by Crippen LogP contribution is 2.18. The van der Waals surface area contributed by atoms with Crippen LogP contribution in [0.5, 0.6) is 0 Å². The molecule has 0 radical (unpaired) electrons. The van der Waals surface area contributed by atoms with E-state index < -0.39 is 0 Å². The fourth-order valence-electron chi connectivity index (χ4n) is 1.30. The molecule has 66 valence electrons. The average Bonchev–Trinajstić information content (AvgIpc) is 2.52. The summed E-state index contributed by atoms with van der Waals surface area (Å²) in [4.78, 5) is 6.93. The number of aryl methyl sites for hydroxylation is 1. The lowest BCUT2D eigenvalue weighted by atomic mass is 10.1. The van der Waals surface area contributed by atoms with Gasteiger partial charge in [0.2, 0.25) is 0 Å². The second-order valence-corrected chi connectivity index (χ2v) is 3.05. The molecule has 0 spiro atoms. The molecule has 0 amide bonds. The molecule has 0 aliphatic carbocycles. The van der Waals surface area contributed by atoms with E-state index in [1.54, 1.807) is 6.20 Å². The van der Waals surface area contributed by atoms with Crippen LogP contribution in [0.25, 0.3) is 11.3 Å². The van der Waals surface area contributed by atoms with Crippen LogP contribution < -0.4 is 5.73 Å². The molecule has 0 fully saturated rings. The zero-order valence-electron chi connectivity index (χ0n) is 7.41. The van der Waals surface area contributed by atoms with Gasteiger partial charge in [0.25, 0.3) is 0 Å². The normalized spacial score (nSPS) is 10.2. The van der Waals surface area contributed by atoms with Crippen LogP contribution in [0, 0.1) is 6.92 Å². The zero-order valence-corrected chi connectivity index (χ0v) is 7.41. The fraction of sp³-hybridized carbons (Fsp3) is 0.100. The fourth-order valence-corrected chi connectivity index (χ4v) is 1.30. The van der Waals surface area contributed by atoms with Gasteiger partial charge in [-0.15, -0.1) is 0 Å². The summed E-state index contributed by atoms with van der Waals surface area (Å²) in [6.07, 6.45) is 1.74. The van der Waals surface area contributed by atoms with E-state index in [-0.39, 0.29) is 0 Å². The molecule has 0 unspecified atom stereocenters. The van der Waals surface area contributed by atoms with E-state index in [4.69, 9.17) is 5.73 Å². The molecule has 3 N–H and O–H groups in total. The Bertz CT molecular complexity index is 418. The molecular weight excluding hydrogens is 162 g/mol. The third-order valence-corrected chi connectivity index (χ3v) is 1.92. The Morgan fingerprint density at radius 2 is 2.23 bits per heavy atom. The van der Waals surface area contributed by atoms with E-state index >= 15 is 0 Å². The third-order valence-electron chi connectivity index (χ3n) is 1.92. The minimum Gasteiger partial charge on any atom is -0.369 e. The minimum absolute atomic E-state index is 0.455. The summed E-state index contributed by atoms with van der Waals surface area (Å²) in [5, 5.41) is 0. The number of hydrogen-bond acceptors (Lipinski definition) is 2. The summed E-state index contributed by atoms with van der Waals surface area (Å²) < 4.78 is 0. The van der Waals surface area contributed by atoms with E-state index in [9.17, 15) is 0 Å². The van der Waals surface area contributed by atoms with Gasteiger partial charge in [0.1, 0.15) is 0 Å². The number of aromatic amines is 1. The topological polar surface area (TPSA) is 54.7 Å². The Labute approximate surface area is 76.6 Å². The summed E-state index contributed by atoms with van der Waals surface area (Å²) in [6.45, 7) is 2.06. The van der Waals surface area contributed by atoms with Gasteiger partial charge in [-0.2, -0.15) is 0 Å². The summed E-state index contributed by atoms with van der Waals surface area (Å²) >= 11 is 0. The number of nitrogen functional groups attached to an aromatic ring is 1. The van der Waals surface area contributed by atoms with Gasteiger partial charge in [-0.1, -0.05) is 23.8 Å². The number of H-pyrrole nitrogens is 1. The lowest BCUT2D eigenvalue weighted by molar-refractivity contribution is 1.32. The van der Waals surface area contributed by atoms with Crippen LogP contribution in [0.4, 0.5) is 5.95 Å². The number of anilines is 1. The first kappa shape index (κ1) is 7.86. The molecule has 0 saturated carbocycles. The number of nitrogens with one attached hydrogen (secondary N) is 1. The lowest BCUT2D eigenvalue weighted by Gasteiger charge is -1.97. The maximum absolute atomic E-state index is 5.49. The van der Waals surface area contributed by atoms with E-state index in [1.165, 1.54) is 5.56 Å². The molecule has 3 heteroatoms. The predicted molar refractivity (Wildman–Crippen MR) is 53.2 cm³/mol. The van der Waals surface area contributed by atoms with Crippen LogP contribution in [0.2, 0.25) is 0 Å². The van der Waals surface area contributed by atoms with Crippen molar-refractivity contribution in [2.45, 2.75) is 6.92 Å². The van der Waals surface area contributed by atoms with Crippen molar-refractivity contribution in [3.63, 3.8) is 0 Å². The minimum atomic E-state index is 0.455. The predicted octanol–water partition coefficient (Wildman–Crippen LogP) is 1.97. The summed E-state index contributed by atoms with van der Waals surface area (Å²) in [5.74, 6) is 0.455. The van der Waals surface area contributed by atoms with Gasteiger partial charge in [-0.05, 0) is 18.6 Å². The molecule has 1 aromatic carbocycles. The van der Waals surface area contributed by atoms with Gasteiger partial charge >= 0.3 is 0 Å². The average molecular weight is 173 g/mol. The summed E-state index contributed by atoms with van der Waals surface area (Å²) in [5.41, 5.74) is 8.79. The Morgan fingerprint density at radius 1 is 1.38 bits per heavy atom. The van der Waals surface area contributed by atoms with Crippen LogP contribution in [0.1, 0.15) is 5.56 Å². The maximum Gasteiger partial charge on any atom is 0.197 e. The molecule has 0 atom stereocenters.